The van der Waals surface area contributed by atoms with Crippen molar-refractivity contribution in [1.82, 2.24) is 19.8 Å². The normalized spacial score (nSPS) is 15.9. The largest absolute Gasteiger partial charge is 0.456 e. The molecule has 1 atom stereocenters. The number of rotatable bonds is 5. The summed E-state index contributed by atoms with van der Waals surface area (Å²) in [7, 11) is 1.68. The maximum Gasteiger partial charge on any atom is 0.326 e. The van der Waals surface area contributed by atoms with Gasteiger partial charge in [0, 0.05) is 50.1 Å². The summed E-state index contributed by atoms with van der Waals surface area (Å²) in [4.78, 5) is 32.3. The van der Waals surface area contributed by atoms with E-state index in [4.69, 9.17) is 9.47 Å². The molecule has 0 bridgehead atoms. The Morgan fingerprint density at radius 3 is 2.85 bits per heavy atom. The second-order valence-corrected chi connectivity index (χ2v) is 9.36. The lowest BCUT2D eigenvalue weighted by Gasteiger charge is -2.14. The summed E-state index contributed by atoms with van der Waals surface area (Å²) in [5.74, 6) is 1.29. The van der Waals surface area contributed by atoms with Gasteiger partial charge in [-0.25, -0.2) is 4.79 Å². The fourth-order valence-electron chi connectivity index (χ4n) is 4.38. The van der Waals surface area contributed by atoms with Crippen LogP contribution >= 0.6 is 11.3 Å². The van der Waals surface area contributed by atoms with Gasteiger partial charge in [-0.15, -0.1) is 11.3 Å². The van der Waals surface area contributed by atoms with Crippen LogP contribution in [0, 0.1) is 6.92 Å². The minimum atomic E-state index is -0.148. The molecule has 4 heterocycles. The summed E-state index contributed by atoms with van der Waals surface area (Å²) in [5.41, 5.74) is 2.40. The van der Waals surface area contributed by atoms with Crippen molar-refractivity contribution in [3.63, 3.8) is 0 Å². The topological polar surface area (TPSA) is 85.7 Å². The molecule has 0 saturated carbocycles. The van der Waals surface area contributed by atoms with Crippen LogP contribution in [0.3, 0.4) is 0 Å². The Hall–Kier alpha value is -3.43. The molecule has 0 unspecified atom stereocenters. The number of likely N-dealkylation sites (tertiary alicyclic amines) is 1. The summed E-state index contributed by atoms with van der Waals surface area (Å²) in [5, 5.41) is 3.75. The van der Waals surface area contributed by atoms with Gasteiger partial charge in [-0.1, -0.05) is 0 Å². The van der Waals surface area contributed by atoms with Gasteiger partial charge in [-0.2, -0.15) is 0 Å². The molecule has 176 valence electrons. The van der Waals surface area contributed by atoms with Crippen LogP contribution < -0.4 is 10.1 Å². The highest BCUT2D eigenvalue weighted by Crippen LogP contribution is 2.36. The average Bonchev–Trinajstić information content (AvgIpc) is 3.55. The predicted octanol–water partition coefficient (Wildman–Crippen LogP) is 4.79. The zero-order valence-corrected chi connectivity index (χ0v) is 20.1. The quantitative estimate of drug-likeness (QED) is 0.446. The van der Waals surface area contributed by atoms with Gasteiger partial charge >= 0.3 is 6.03 Å². The van der Waals surface area contributed by atoms with E-state index in [9.17, 15) is 9.59 Å². The SMILES string of the molecule is CCNC(=O)n1c(C)cc2cc(Oc3ccnc4cc(C(=O)N5CC[C@@H](OC)C5)sc34)ccc21. The van der Waals surface area contributed by atoms with Gasteiger partial charge in [-0.3, -0.25) is 14.3 Å². The van der Waals surface area contributed by atoms with Crippen molar-refractivity contribution < 1.29 is 19.1 Å². The molecule has 1 fully saturated rings. The molecule has 8 nitrogen and oxygen atoms in total. The van der Waals surface area contributed by atoms with E-state index in [2.05, 4.69) is 10.3 Å². The van der Waals surface area contributed by atoms with Gasteiger partial charge in [0.15, 0.2) is 0 Å². The Balaban J connectivity index is 1.43. The molecule has 2 amide bonds. The highest BCUT2D eigenvalue weighted by Gasteiger charge is 2.28. The van der Waals surface area contributed by atoms with Crippen molar-refractivity contribution in [2.45, 2.75) is 26.4 Å². The third-order valence-corrected chi connectivity index (χ3v) is 7.19. The average molecular weight is 479 g/mol. The maximum absolute atomic E-state index is 13.0. The molecule has 1 aliphatic heterocycles. The van der Waals surface area contributed by atoms with E-state index in [1.807, 2.05) is 49.1 Å². The van der Waals surface area contributed by atoms with E-state index in [-0.39, 0.29) is 18.0 Å². The van der Waals surface area contributed by atoms with E-state index < -0.39 is 0 Å². The summed E-state index contributed by atoms with van der Waals surface area (Å²) in [6.07, 6.45) is 2.63. The van der Waals surface area contributed by atoms with Gasteiger partial charge in [0.25, 0.3) is 5.91 Å². The van der Waals surface area contributed by atoms with E-state index in [0.29, 0.717) is 36.0 Å². The van der Waals surface area contributed by atoms with Gasteiger partial charge in [0.1, 0.15) is 11.5 Å². The third kappa shape index (κ3) is 4.01. The summed E-state index contributed by atoms with van der Waals surface area (Å²) in [6.45, 7) is 5.66. The zero-order valence-electron chi connectivity index (χ0n) is 19.3. The first-order chi connectivity index (χ1) is 16.5. The molecular formula is C25H26N4O4S. The first-order valence-electron chi connectivity index (χ1n) is 11.3. The van der Waals surface area contributed by atoms with Gasteiger partial charge in [0.05, 0.1) is 26.7 Å². The number of nitrogens with zero attached hydrogens (tertiary/aromatic N) is 3. The molecule has 1 saturated heterocycles. The van der Waals surface area contributed by atoms with Crippen LogP contribution in [0.4, 0.5) is 4.79 Å². The number of nitrogens with one attached hydrogen (secondary N) is 1. The third-order valence-electron chi connectivity index (χ3n) is 6.07. The monoisotopic (exact) mass is 478 g/mol. The molecule has 3 aromatic heterocycles. The first kappa shape index (κ1) is 22.4. The van der Waals surface area contributed by atoms with Crippen molar-refractivity contribution in [2.24, 2.45) is 0 Å². The Morgan fingerprint density at radius 2 is 2.09 bits per heavy atom. The number of fused-ring (bicyclic) bond motifs is 2. The van der Waals surface area contributed by atoms with E-state index >= 15 is 0 Å². The lowest BCUT2D eigenvalue weighted by Crippen LogP contribution is -2.29. The second kappa shape index (κ2) is 9.08. The number of aromatic nitrogens is 2. The van der Waals surface area contributed by atoms with E-state index in [1.54, 1.807) is 23.9 Å². The molecule has 1 aromatic carbocycles. The molecule has 1 N–H and O–H groups in total. The molecule has 0 aliphatic carbocycles. The second-order valence-electron chi connectivity index (χ2n) is 8.31. The fourth-order valence-corrected chi connectivity index (χ4v) is 5.42. The minimum Gasteiger partial charge on any atom is -0.456 e. The number of amides is 2. The Morgan fingerprint density at radius 1 is 1.24 bits per heavy atom. The number of hydrogen-bond donors (Lipinski definition) is 1. The minimum absolute atomic E-state index is 0.00269. The van der Waals surface area contributed by atoms with Crippen LogP contribution in [0.5, 0.6) is 11.5 Å². The van der Waals surface area contributed by atoms with Gasteiger partial charge < -0.3 is 19.7 Å². The number of aryl methyl sites for hydroxylation is 1. The Bertz CT molecular complexity index is 1390. The lowest BCUT2D eigenvalue weighted by molar-refractivity contribution is 0.0728. The number of pyridine rings is 1. The summed E-state index contributed by atoms with van der Waals surface area (Å²) >= 11 is 1.39. The summed E-state index contributed by atoms with van der Waals surface area (Å²) in [6, 6.07) is 11.1. The molecule has 0 radical (unpaired) electrons. The number of methoxy groups -OCH3 is 1. The number of carbonyl (C=O) groups excluding carboxylic acids is 2. The van der Waals surface area contributed by atoms with Gasteiger partial charge in [-0.05, 0) is 50.6 Å². The molecular weight excluding hydrogens is 452 g/mol. The predicted molar refractivity (Wildman–Crippen MR) is 132 cm³/mol. The molecule has 4 aromatic rings. The van der Waals surface area contributed by atoms with Crippen molar-refractivity contribution in [3.05, 3.63) is 53.2 Å². The highest BCUT2D eigenvalue weighted by atomic mass is 32.1. The van der Waals surface area contributed by atoms with Crippen LogP contribution in [0.1, 0.15) is 28.7 Å². The number of benzene rings is 1. The van der Waals surface area contributed by atoms with E-state index in [1.165, 1.54) is 11.3 Å². The zero-order chi connectivity index (χ0) is 23.8. The van der Waals surface area contributed by atoms with Gasteiger partial charge in [0.2, 0.25) is 0 Å². The van der Waals surface area contributed by atoms with Crippen LogP contribution in [0.25, 0.3) is 21.1 Å². The van der Waals surface area contributed by atoms with Crippen molar-refractivity contribution in [2.75, 3.05) is 26.7 Å². The summed E-state index contributed by atoms with van der Waals surface area (Å²) < 4.78 is 14.1. The Kier molecular flexibility index (Phi) is 5.97. The van der Waals surface area contributed by atoms with Crippen LogP contribution in [0.15, 0.2) is 42.6 Å². The molecule has 0 spiro atoms. The molecule has 5 rings (SSSR count). The first-order valence-corrected chi connectivity index (χ1v) is 12.1. The highest BCUT2D eigenvalue weighted by molar-refractivity contribution is 7.21. The van der Waals surface area contributed by atoms with Crippen molar-refractivity contribution in [1.29, 1.82) is 0 Å². The molecule has 34 heavy (non-hydrogen) atoms. The molecule has 9 heteroatoms. The smallest absolute Gasteiger partial charge is 0.326 e. The number of hydrogen-bond acceptors (Lipinski definition) is 6. The molecule has 1 aliphatic rings. The van der Waals surface area contributed by atoms with Crippen molar-refractivity contribution in [3.8, 4) is 11.5 Å². The number of thiophene rings is 1. The Labute approximate surface area is 201 Å². The maximum atomic E-state index is 13.0. The lowest BCUT2D eigenvalue weighted by atomic mass is 10.2. The fraction of sp³-hybridized carbons (Fsp3) is 0.320. The van der Waals surface area contributed by atoms with Crippen LogP contribution in [-0.2, 0) is 4.74 Å². The number of ether oxygens (including phenoxy) is 2. The number of carbonyl (C=O) groups is 2. The van der Waals surface area contributed by atoms with E-state index in [0.717, 1.165) is 33.2 Å². The van der Waals surface area contributed by atoms with Crippen LogP contribution in [0.2, 0.25) is 0 Å². The van der Waals surface area contributed by atoms with Crippen molar-refractivity contribution >= 4 is 44.4 Å². The standard InChI is InChI=1S/C25H26N4O4S/c1-4-26-25(31)29-15(2)11-16-12-17(5-6-20(16)29)33-21-7-9-27-19-13-22(34-23(19)21)24(30)28-10-8-18(14-28)32-3/h5-7,9,11-13,18H,4,8,10,14H2,1-3H3,(H,26,31)/t18-/m1/s1. The van der Waals surface area contributed by atoms with Crippen LogP contribution in [-0.4, -0.2) is 59.2 Å².